The molecule has 2 nitrogen and oxygen atoms in total. The lowest BCUT2D eigenvalue weighted by Crippen LogP contribution is -2.25. The maximum absolute atomic E-state index is 5.53. The van der Waals surface area contributed by atoms with Crippen LogP contribution in [0.25, 0.3) is 0 Å². The second kappa shape index (κ2) is 4.69. The molecule has 0 atom stereocenters. The molecule has 0 radical (unpaired) electrons. The molecular formula is C8H19NO. The van der Waals surface area contributed by atoms with E-state index in [0.29, 0.717) is 0 Å². The molecule has 0 aliphatic carbocycles. The summed E-state index contributed by atoms with van der Waals surface area (Å²) in [6.07, 6.45) is 1.05. The largest absolute Gasteiger partial charge is 0.382 e. The van der Waals surface area contributed by atoms with Crippen molar-refractivity contribution in [1.82, 2.24) is 0 Å². The smallest absolute Gasteiger partial charge is 0.0471 e. The second-order valence-electron chi connectivity index (χ2n) is 3.32. The molecular weight excluding hydrogens is 126 g/mol. The van der Waals surface area contributed by atoms with Crippen LogP contribution in [0.3, 0.4) is 0 Å². The Bertz CT molecular complexity index is 81.3. The van der Waals surface area contributed by atoms with E-state index in [4.69, 9.17) is 10.5 Å². The van der Waals surface area contributed by atoms with Gasteiger partial charge in [0.1, 0.15) is 0 Å². The van der Waals surface area contributed by atoms with E-state index in [1.54, 1.807) is 0 Å². The molecule has 0 spiro atoms. The minimum Gasteiger partial charge on any atom is -0.382 e. The van der Waals surface area contributed by atoms with Gasteiger partial charge in [-0.25, -0.2) is 0 Å². The predicted molar refractivity (Wildman–Crippen MR) is 43.9 cm³/mol. The summed E-state index contributed by atoms with van der Waals surface area (Å²) in [5.41, 5.74) is 5.78. The molecule has 0 rings (SSSR count). The molecule has 2 heteroatoms. The highest BCUT2D eigenvalue weighted by Gasteiger charge is 2.14. The Balaban J connectivity index is 3.28. The van der Waals surface area contributed by atoms with Crippen molar-refractivity contribution in [3.8, 4) is 0 Å². The Morgan fingerprint density at radius 1 is 1.40 bits per heavy atom. The third kappa shape index (κ3) is 4.77. The summed E-state index contributed by atoms with van der Waals surface area (Å²) in [7, 11) is 0. The molecule has 0 heterocycles. The number of nitrogens with two attached hydrogens (primary N) is 1. The van der Waals surface area contributed by atoms with Gasteiger partial charge < -0.3 is 10.5 Å². The van der Waals surface area contributed by atoms with Crippen molar-refractivity contribution in [3.63, 3.8) is 0 Å². The second-order valence-corrected chi connectivity index (χ2v) is 3.32. The lowest BCUT2D eigenvalue weighted by molar-refractivity contribution is 0.116. The molecule has 0 aromatic rings. The zero-order chi connectivity index (χ0) is 8.04. The first-order chi connectivity index (χ1) is 4.62. The summed E-state index contributed by atoms with van der Waals surface area (Å²) >= 11 is 0. The summed E-state index contributed by atoms with van der Waals surface area (Å²) in [5, 5.41) is 0. The third-order valence-electron chi connectivity index (χ3n) is 1.68. The first-order valence-corrected chi connectivity index (χ1v) is 3.90. The minimum absolute atomic E-state index is 0.245. The summed E-state index contributed by atoms with van der Waals surface area (Å²) in [4.78, 5) is 0. The quantitative estimate of drug-likeness (QED) is 0.593. The van der Waals surface area contributed by atoms with Gasteiger partial charge in [0.15, 0.2) is 0 Å². The van der Waals surface area contributed by atoms with E-state index in [-0.39, 0.29) is 5.41 Å². The van der Waals surface area contributed by atoms with Crippen LogP contribution in [0.15, 0.2) is 0 Å². The van der Waals surface area contributed by atoms with Gasteiger partial charge in [-0.15, -0.1) is 0 Å². The summed E-state index contributed by atoms with van der Waals surface area (Å²) in [5.74, 6) is 0. The van der Waals surface area contributed by atoms with Crippen molar-refractivity contribution in [3.05, 3.63) is 0 Å². The summed E-state index contributed by atoms with van der Waals surface area (Å²) in [6.45, 7) is 8.70. The number of rotatable bonds is 5. The number of hydrogen-bond donors (Lipinski definition) is 1. The highest BCUT2D eigenvalue weighted by molar-refractivity contribution is 4.68. The molecule has 10 heavy (non-hydrogen) atoms. The normalized spacial score (nSPS) is 12.0. The van der Waals surface area contributed by atoms with Gasteiger partial charge in [-0.05, 0) is 25.3 Å². The fraction of sp³-hybridized carbons (Fsp3) is 1.00. The monoisotopic (exact) mass is 145 g/mol. The highest BCUT2D eigenvalue weighted by atomic mass is 16.5. The van der Waals surface area contributed by atoms with E-state index in [1.807, 2.05) is 6.92 Å². The molecule has 0 aromatic carbocycles. The van der Waals surface area contributed by atoms with Crippen LogP contribution in [0.4, 0.5) is 0 Å². The molecule has 0 bridgehead atoms. The van der Waals surface area contributed by atoms with Crippen LogP contribution in [0.1, 0.15) is 27.2 Å². The molecule has 0 unspecified atom stereocenters. The van der Waals surface area contributed by atoms with Crippen molar-refractivity contribution < 1.29 is 4.74 Å². The third-order valence-corrected chi connectivity index (χ3v) is 1.68. The Morgan fingerprint density at radius 3 is 2.40 bits per heavy atom. The molecule has 0 saturated carbocycles. The summed E-state index contributed by atoms with van der Waals surface area (Å²) in [6, 6.07) is 0. The molecule has 0 fully saturated rings. The molecule has 0 aliphatic rings. The van der Waals surface area contributed by atoms with E-state index < -0.39 is 0 Å². The van der Waals surface area contributed by atoms with Crippen molar-refractivity contribution in [2.24, 2.45) is 11.1 Å². The SMILES string of the molecule is CCOCCC(C)(C)CN. The lowest BCUT2D eigenvalue weighted by Gasteiger charge is -2.21. The van der Waals surface area contributed by atoms with Crippen LogP contribution in [0.2, 0.25) is 0 Å². The van der Waals surface area contributed by atoms with Gasteiger partial charge in [-0.3, -0.25) is 0 Å². The Labute approximate surface area is 63.7 Å². The van der Waals surface area contributed by atoms with Gasteiger partial charge in [0.2, 0.25) is 0 Å². The molecule has 0 amide bonds. The molecule has 0 saturated heterocycles. The van der Waals surface area contributed by atoms with Crippen LogP contribution in [0.5, 0.6) is 0 Å². The first-order valence-electron chi connectivity index (χ1n) is 3.90. The predicted octanol–water partition coefficient (Wildman–Crippen LogP) is 1.40. The van der Waals surface area contributed by atoms with Gasteiger partial charge in [-0.1, -0.05) is 13.8 Å². The Hall–Kier alpha value is -0.0800. The van der Waals surface area contributed by atoms with E-state index in [1.165, 1.54) is 0 Å². The number of hydrogen-bond acceptors (Lipinski definition) is 2. The lowest BCUT2D eigenvalue weighted by atomic mass is 9.90. The van der Waals surface area contributed by atoms with Gasteiger partial charge >= 0.3 is 0 Å². The Morgan fingerprint density at radius 2 is 2.00 bits per heavy atom. The molecule has 0 aromatic heterocycles. The zero-order valence-electron chi connectivity index (χ0n) is 7.31. The maximum atomic E-state index is 5.53. The zero-order valence-corrected chi connectivity index (χ0v) is 7.31. The van der Waals surface area contributed by atoms with Crippen LogP contribution in [-0.2, 0) is 4.74 Å². The maximum Gasteiger partial charge on any atom is 0.0471 e. The van der Waals surface area contributed by atoms with Crippen molar-refractivity contribution in [2.75, 3.05) is 19.8 Å². The summed E-state index contributed by atoms with van der Waals surface area (Å²) < 4.78 is 5.22. The van der Waals surface area contributed by atoms with Crippen LogP contribution in [-0.4, -0.2) is 19.8 Å². The van der Waals surface area contributed by atoms with E-state index in [0.717, 1.165) is 26.2 Å². The average molecular weight is 145 g/mol. The first kappa shape index (κ1) is 9.92. The van der Waals surface area contributed by atoms with E-state index in [2.05, 4.69) is 13.8 Å². The van der Waals surface area contributed by atoms with E-state index in [9.17, 15) is 0 Å². The van der Waals surface area contributed by atoms with E-state index >= 15 is 0 Å². The standard InChI is InChI=1S/C8H19NO/c1-4-10-6-5-8(2,3)7-9/h4-7,9H2,1-3H3. The molecule has 62 valence electrons. The minimum atomic E-state index is 0.245. The van der Waals surface area contributed by atoms with Crippen LogP contribution < -0.4 is 5.73 Å². The molecule has 2 N–H and O–H groups in total. The van der Waals surface area contributed by atoms with Crippen LogP contribution in [0, 0.1) is 5.41 Å². The molecule has 0 aliphatic heterocycles. The van der Waals surface area contributed by atoms with Crippen molar-refractivity contribution in [1.29, 1.82) is 0 Å². The fourth-order valence-corrected chi connectivity index (χ4v) is 0.595. The van der Waals surface area contributed by atoms with Crippen molar-refractivity contribution >= 4 is 0 Å². The van der Waals surface area contributed by atoms with Gasteiger partial charge in [-0.2, -0.15) is 0 Å². The fourth-order valence-electron chi connectivity index (χ4n) is 0.595. The van der Waals surface area contributed by atoms with Gasteiger partial charge in [0, 0.05) is 13.2 Å². The van der Waals surface area contributed by atoms with Gasteiger partial charge in [0.05, 0.1) is 0 Å². The van der Waals surface area contributed by atoms with Crippen molar-refractivity contribution in [2.45, 2.75) is 27.2 Å². The average Bonchev–Trinajstić information content (AvgIpc) is 1.89. The highest BCUT2D eigenvalue weighted by Crippen LogP contribution is 2.17. The van der Waals surface area contributed by atoms with Crippen LogP contribution >= 0.6 is 0 Å². The van der Waals surface area contributed by atoms with Gasteiger partial charge in [0.25, 0.3) is 0 Å². The number of ether oxygens (including phenoxy) is 1. The Kier molecular flexibility index (Phi) is 4.65. The topological polar surface area (TPSA) is 35.2 Å².